The number of carbonyl (C=O) groups is 1. The second-order valence-electron chi connectivity index (χ2n) is 3.73. The van der Waals surface area contributed by atoms with Crippen molar-refractivity contribution in [1.82, 2.24) is 5.43 Å². The lowest BCUT2D eigenvalue weighted by Crippen LogP contribution is -2.24. The molecule has 0 heterocycles. The number of hydrazone groups is 1. The predicted octanol–water partition coefficient (Wildman–Crippen LogP) is 2.22. The smallest absolute Gasteiger partial charge is 0.339 e. The van der Waals surface area contributed by atoms with E-state index in [4.69, 9.17) is 9.47 Å². The second kappa shape index (κ2) is 6.48. The summed E-state index contributed by atoms with van der Waals surface area (Å²) in [4.78, 5) is 11.5. The van der Waals surface area contributed by atoms with Gasteiger partial charge in [0.15, 0.2) is 0 Å². The molecule has 0 spiro atoms. The number of anilines is 1. The standard InChI is InChI=1S/C12H17N3O3/c1-8(2)14-15-12(16)13-9-5-10(17-3)7-11(6-9)18-4/h5-7H,1-4H3,(H2,13,15,16). The number of rotatable bonds is 4. The van der Waals surface area contributed by atoms with Gasteiger partial charge in [-0.05, 0) is 13.8 Å². The summed E-state index contributed by atoms with van der Waals surface area (Å²) in [6.07, 6.45) is 0. The van der Waals surface area contributed by atoms with Crippen LogP contribution < -0.4 is 20.2 Å². The van der Waals surface area contributed by atoms with Crippen LogP contribution in [0.15, 0.2) is 23.3 Å². The number of nitrogens with zero attached hydrogens (tertiary/aromatic N) is 1. The lowest BCUT2D eigenvalue weighted by Gasteiger charge is -2.09. The van der Waals surface area contributed by atoms with E-state index in [1.54, 1.807) is 46.3 Å². The van der Waals surface area contributed by atoms with E-state index in [0.29, 0.717) is 17.2 Å². The number of nitrogens with one attached hydrogen (secondary N) is 2. The van der Waals surface area contributed by atoms with Crippen LogP contribution >= 0.6 is 0 Å². The Labute approximate surface area is 106 Å². The van der Waals surface area contributed by atoms with Crippen LogP contribution in [-0.4, -0.2) is 26.0 Å². The van der Waals surface area contributed by atoms with E-state index in [2.05, 4.69) is 15.8 Å². The molecule has 1 aromatic rings. The summed E-state index contributed by atoms with van der Waals surface area (Å²) < 4.78 is 10.2. The molecule has 98 valence electrons. The SMILES string of the molecule is COc1cc(NC(=O)NN=C(C)C)cc(OC)c1. The Morgan fingerprint density at radius 3 is 2.11 bits per heavy atom. The Morgan fingerprint density at radius 2 is 1.67 bits per heavy atom. The Bertz CT molecular complexity index is 432. The molecule has 2 amide bonds. The summed E-state index contributed by atoms with van der Waals surface area (Å²) in [5, 5.41) is 6.43. The molecule has 0 aliphatic carbocycles. The molecule has 1 rings (SSSR count). The van der Waals surface area contributed by atoms with Crippen molar-refractivity contribution in [3.8, 4) is 11.5 Å². The first-order chi connectivity index (χ1) is 8.55. The number of urea groups is 1. The molecule has 6 nitrogen and oxygen atoms in total. The molecule has 0 unspecified atom stereocenters. The Kier molecular flexibility index (Phi) is 4.98. The fourth-order valence-electron chi connectivity index (χ4n) is 1.20. The largest absolute Gasteiger partial charge is 0.497 e. The van der Waals surface area contributed by atoms with Gasteiger partial charge in [-0.15, -0.1) is 0 Å². The van der Waals surface area contributed by atoms with Gasteiger partial charge in [-0.1, -0.05) is 0 Å². The van der Waals surface area contributed by atoms with E-state index in [-0.39, 0.29) is 0 Å². The third-order valence-corrected chi connectivity index (χ3v) is 1.99. The van der Waals surface area contributed by atoms with Gasteiger partial charge in [-0.3, -0.25) is 0 Å². The Balaban J connectivity index is 2.77. The average Bonchev–Trinajstić information content (AvgIpc) is 2.35. The van der Waals surface area contributed by atoms with Gasteiger partial charge >= 0.3 is 6.03 Å². The maximum atomic E-state index is 11.5. The van der Waals surface area contributed by atoms with Crippen LogP contribution in [0.5, 0.6) is 11.5 Å². The highest BCUT2D eigenvalue weighted by molar-refractivity contribution is 5.91. The van der Waals surface area contributed by atoms with Crippen LogP contribution in [0.25, 0.3) is 0 Å². The lowest BCUT2D eigenvalue weighted by atomic mass is 10.3. The van der Waals surface area contributed by atoms with Crippen molar-refractivity contribution < 1.29 is 14.3 Å². The highest BCUT2D eigenvalue weighted by Gasteiger charge is 2.05. The van der Waals surface area contributed by atoms with Crippen LogP contribution in [0.1, 0.15) is 13.8 Å². The number of methoxy groups -OCH3 is 2. The van der Waals surface area contributed by atoms with E-state index >= 15 is 0 Å². The normalized spacial score (nSPS) is 9.33. The molecule has 6 heteroatoms. The number of hydrogen-bond acceptors (Lipinski definition) is 4. The molecule has 0 saturated carbocycles. The van der Waals surface area contributed by atoms with Crippen molar-refractivity contribution in [2.24, 2.45) is 5.10 Å². The number of amides is 2. The molecular weight excluding hydrogens is 234 g/mol. The first-order valence-electron chi connectivity index (χ1n) is 5.36. The van der Waals surface area contributed by atoms with Gasteiger partial charge in [0.2, 0.25) is 0 Å². The topological polar surface area (TPSA) is 72.0 Å². The van der Waals surface area contributed by atoms with Crippen molar-refractivity contribution in [2.45, 2.75) is 13.8 Å². The molecule has 2 N–H and O–H groups in total. The lowest BCUT2D eigenvalue weighted by molar-refractivity contribution is 0.252. The fourth-order valence-corrected chi connectivity index (χ4v) is 1.20. The van der Waals surface area contributed by atoms with E-state index in [1.807, 2.05) is 0 Å². The molecular formula is C12H17N3O3. The van der Waals surface area contributed by atoms with Crippen molar-refractivity contribution in [3.05, 3.63) is 18.2 Å². The molecule has 0 aromatic heterocycles. The molecule has 0 saturated heterocycles. The summed E-state index contributed by atoms with van der Waals surface area (Å²) in [7, 11) is 3.09. The molecule has 0 bridgehead atoms. The Morgan fingerprint density at radius 1 is 1.11 bits per heavy atom. The number of carbonyl (C=O) groups excluding carboxylic acids is 1. The van der Waals surface area contributed by atoms with Gasteiger partial charge in [0.05, 0.1) is 14.2 Å². The summed E-state index contributed by atoms with van der Waals surface area (Å²) in [6, 6.07) is 4.67. The molecule has 0 aliphatic heterocycles. The van der Waals surface area contributed by atoms with Gasteiger partial charge in [0.1, 0.15) is 11.5 Å². The van der Waals surface area contributed by atoms with Gasteiger partial charge < -0.3 is 14.8 Å². The highest BCUT2D eigenvalue weighted by atomic mass is 16.5. The monoisotopic (exact) mass is 251 g/mol. The molecule has 0 radical (unpaired) electrons. The van der Waals surface area contributed by atoms with Crippen LogP contribution in [0.4, 0.5) is 10.5 Å². The van der Waals surface area contributed by atoms with Gasteiger partial charge in [-0.25, -0.2) is 10.2 Å². The summed E-state index contributed by atoms with van der Waals surface area (Å²) in [5.74, 6) is 1.19. The zero-order valence-electron chi connectivity index (χ0n) is 10.9. The van der Waals surface area contributed by atoms with Crippen molar-refractivity contribution in [2.75, 3.05) is 19.5 Å². The maximum Gasteiger partial charge on any atom is 0.339 e. The second-order valence-corrected chi connectivity index (χ2v) is 3.73. The third-order valence-electron chi connectivity index (χ3n) is 1.99. The van der Waals surface area contributed by atoms with Gasteiger partial charge in [0.25, 0.3) is 0 Å². The van der Waals surface area contributed by atoms with E-state index in [0.717, 1.165) is 5.71 Å². The first kappa shape index (κ1) is 13.8. The quantitative estimate of drug-likeness (QED) is 0.636. The number of ether oxygens (including phenoxy) is 2. The van der Waals surface area contributed by atoms with Crippen LogP contribution in [-0.2, 0) is 0 Å². The average molecular weight is 251 g/mol. The zero-order valence-corrected chi connectivity index (χ0v) is 10.9. The molecule has 0 aliphatic rings. The van der Waals surface area contributed by atoms with Gasteiger partial charge in [-0.2, -0.15) is 5.10 Å². The number of hydrogen-bond donors (Lipinski definition) is 2. The minimum atomic E-state index is -0.425. The minimum absolute atomic E-state index is 0.425. The van der Waals surface area contributed by atoms with Crippen LogP contribution in [0.3, 0.4) is 0 Å². The van der Waals surface area contributed by atoms with Crippen molar-refractivity contribution in [3.63, 3.8) is 0 Å². The van der Waals surface area contributed by atoms with E-state index in [1.165, 1.54) is 0 Å². The third kappa shape index (κ3) is 4.32. The predicted molar refractivity (Wildman–Crippen MR) is 70.5 cm³/mol. The summed E-state index contributed by atoms with van der Waals surface area (Å²) in [6.45, 7) is 3.57. The summed E-state index contributed by atoms with van der Waals surface area (Å²) in [5.41, 5.74) is 3.68. The van der Waals surface area contributed by atoms with Crippen LogP contribution in [0, 0.1) is 0 Å². The minimum Gasteiger partial charge on any atom is -0.497 e. The number of benzene rings is 1. The Hall–Kier alpha value is -2.24. The van der Waals surface area contributed by atoms with Crippen LogP contribution in [0.2, 0.25) is 0 Å². The highest BCUT2D eigenvalue weighted by Crippen LogP contribution is 2.25. The first-order valence-corrected chi connectivity index (χ1v) is 5.36. The zero-order chi connectivity index (χ0) is 13.5. The fraction of sp³-hybridized carbons (Fsp3) is 0.333. The summed E-state index contributed by atoms with van der Waals surface area (Å²) >= 11 is 0. The van der Waals surface area contributed by atoms with E-state index in [9.17, 15) is 4.79 Å². The van der Waals surface area contributed by atoms with E-state index < -0.39 is 6.03 Å². The van der Waals surface area contributed by atoms with Gasteiger partial charge in [0, 0.05) is 29.6 Å². The van der Waals surface area contributed by atoms with Crippen molar-refractivity contribution in [1.29, 1.82) is 0 Å². The van der Waals surface area contributed by atoms with Crippen molar-refractivity contribution >= 4 is 17.4 Å². The maximum absolute atomic E-state index is 11.5. The molecule has 1 aromatic carbocycles. The molecule has 18 heavy (non-hydrogen) atoms. The molecule has 0 atom stereocenters. The molecule has 0 fully saturated rings.